The Hall–Kier alpha value is -1.32. The zero-order chi connectivity index (χ0) is 14.0. The molecule has 0 saturated carbocycles. The summed E-state index contributed by atoms with van der Waals surface area (Å²) in [6.45, 7) is 3.78. The molecule has 0 saturated heterocycles. The fourth-order valence-electron chi connectivity index (χ4n) is 1.81. The van der Waals surface area contributed by atoms with Gasteiger partial charge in [0.15, 0.2) is 0 Å². The van der Waals surface area contributed by atoms with Crippen LogP contribution in [0.5, 0.6) is 0 Å². The van der Waals surface area contributed by atoms with E-state index in [2.05, 4.69) is 23.8 Å². The predicted molar refractivity (Wildman–Crippen MR) is 70.0 cm³/mol. The number of hydrogen-bond donors (Lipinski definition) is 0. The number of hydrogen-bond acceptors (Lipinski definition) is 4. The van der Waals surface area contributed by atoms with E-state index in [4.69, 9.17) is 4.74 Å². The SMILES string of the molecule is CCC=CCCCC(C(=O)OC)C(C)C(=O)OC. The number of carbonyl (C=O) groups is 2. The molecule has 0 N–H and O–H groups in total. The van der Waals surface area contributed by atoms with E-state index in [1.54, 1.807) is 6.92 Å². The fourth-order valence-corrected chi connectivity index (χ4v) is 1.81. The zero-order valence-corrected chi connectivity index (χ0v) is 11.8. The lowest BCUT2D eigenvalue weighted by molar-refractivity contribution is -0.157. The minimum Gasteiger partial charge on any atom is -0.469 e. The lowest BCUT2D eigenvalue weighted by Crippen LogP contribution is -2.29. The second-order valence-corrected chi connectivity index (χ2v) is 4.25. The third-order valence-corrected chi connectivity index (χ3v) is 2.97. The minimum absolute atomic E-state index is 0.340. The summed E-state index contributed by atoms with van der Waals surface area (Å²) >= 11 is 0. The zero-order valence-electron chi connectivity index (χ0n) is 11.8. The van der Waals surface area contributed by atoms with Gasteiger partial charge in [-0.3, -0.25) is 9.59 Å². The number of allylic oxidation sites excluding steroid dienone is 2. The highest BCUT2D eigenvalue weighted by molar-refractivity contribution is 5.81. The number of methoxy groups -OCH3 is 2. The average molecular weight is 256 g/mol. The van der Waals surface area contributed by atoms with Crippen LogP contribution in [-0.2, 0) is 19.1 Å². The maximum atomic E-state index is 11.6. The highest BCUT2D eigenvalue weighted by Gasteiger charge is 2.31. The summed E-state index contributed by atoms with van der Waals surface area (Å²) in [6, 6.07) is 0. The molecule has 0 spiro atoms. The van der Waals surface area contributed by atoms with E-state index in [1.807, 2.05) is 0 Å². The molecule has 0 fully saturated rings. The number of carbonyl (C=O) groups excluding carboxylic acids is 2. The molecule has 0 aliphatic rings. The molecule has 2 atom stereocenters. The van der Waals surface area contributed by atoms with Crippen molar-refractivity contribution in [3.8, 4) is 0 Å². The van der Waals surface area contributed by atoms with Crippen LogP contribution >= 0.6 is 0 Å². The molecule has 0 radical (unpaired) electrons. The topological polar surface area (TPSA) is 52.6 Å². The summed E-state index contributed by atoms with van der Waals surface area (Å²) < 4.78 is 9.41. The lowest BCUT2D eigenvalue weighted by Gasteiger charge is -2.19. The molecular formula is C14H24O4. The third kappa shape index (κ3) is 5.84. The van der Waals surface area contributed by atoms with Crippen LogP contribution < -0.4 is 0 Å². The summed E-state index contributed by atoms with van der Waals surface area (Å²) in [5.74, 6) is -1.59. The lowest BCUT2D eigenvalue weighted by atomic mass is 9.89. The Bertz CT molecular complexity index is 284. The van der Waals surface area contributed by atoms with E-state index >= 15 is 0 Å². The van der Waals surface area contributed by atoms with Crippen LogP contribution in [0.25, 0.3) is 0 Å². The summed E-state index contributed by atoms with van der Waals surface area (Å²) in [7, 11) is 2.67. The second kappa shape index (κ2) is 9.68. The van der Waals surface area contributed by atoms with Crippen molar-refractivity contribution in [2.45, 2.75) is 39.5 Å². The molecule has 104 valence electrons. The molecule has 0 aliphatic heterocycles. The Morgan fingerprint density at radius 2 is 1.72 bits per heavy atom. The number of unbranched alkanes of at least 4 members (excludes halogenated alkanes) is 1. The van der Waals surface area contributed by atoms with Gasteiger partial charge in [-0.05, 0) is 25.7 Å². The van der Waals surface area contributed by atoms with Gasteiger partial charge in [-0.2, -0.15) is 0 Å². The Morgan fingerprint density at radius 1 is 1.11 bits per heavy atom. The Labute approximate surface area is 109 Å². The number of rotatable bonds is 8. The molecule has 0 aliphatic carbocycles. The van der Waals surface area contributed by atoms with Crippen molar-refractivity contribution in [2.75, 3.05) is 14.2 Å². The van der Waals surface area contributed by atoms with Gasteiger partial charge in [-0.25, -0.2) is 0 Å². The first-order valence-corrected chi connectivity index (χ1v) is 6.39. The number of ether oxygens (including phenoxy) is 2. The Kier molecular flexibility index (Phi) is 8.97. The fraction of sp³-hybridized carbons (Fsp3) is 0.714. The van der Waals surface area contributed by atoms with E-state index in [0.29, 0.717) is 6.42 Å². The van der Waals surface area contributed by atoms with Gasteiger partial charge in [0.1, 0.15) is 0 Å². The molecule has 0 amide bonds. The van der Waals surface area contributed by atoms with Crippen LogP contribution in [0.1, 0.15) is 39.5 Å². The van der Waals surface area contributed by atoms with Gasteiger partial charge in [0.25, 0.3) is 0 Å². The van der Waals surface area contributed by atoms with E-state index in [-0.39, 0.29) is 11.9 Å². The van der Waals surface area contributed by atoms with Crippen LogP contribution in [0.3, 0.4) is 0 Å². The quantitative estimate of drug-likeness (QED) is 0.380. The van der Waals surface area contributed by atoms with E-state index < -0.39 is 11.8 Å². The molecule has 0 aromatic rings. The van der Waals surface area contributed by atoms with Gasteiger partial charge < -0.3 is 9.47 Å². The first-order chi connectivity index (χ1) is 8.58. The normalized spacial score (nSPS) is 14.2. The molecule has 0 aromatic heterocycles. The van der Waals surface area contributed by atoms with Crippen molar-refractivity contribution in [3.63, 3.8) is 0 Å². The Balaban J connectivity index is 4.36. The highest BCUT2D eigenvalue weighted by atomic mass is 16.5. The van der Waals surface area contributed by atoms with Crippen molar-refractivity contribution in [1.29, 1.82) is 0 Å². The summed E-state index contributed by atoms with van der Waals surface area (Å²) in [5, 5.41) is 0. The van der Waals surface area contributed by atoms with Gasteiger partial charge in [-0.1, -0.05) is 26.0 Å². The minimum atomic E-state index is -0.461. The maximum Gasteiger partial charge on any atom is 0.309 e. The standard InChI is InChI=1S/C14H24O4/c1-5-6-7-8-9-10-12(14(16)18-4)11(2)13(15)17-3/h6-7,11-12H,5,8-10H2,1-4H3. The van der Waals surface area contributed by atoms with E-state index in [1.165, 1.54) is 14.2 Å². The van der Waals surface area contributed by atoms with Gasteiger partial charge in [0.05, 0.1) is 26.1 Å². The van der Waals surface area contributed by atoms with Crippen molar-refractivity contribution in [1.82, 2.24) is 0 Å². The van der Waals surface area contributed by atoms with Crippen LogP contribution in [-0.4, -0.2) is 26.2 Å². The van der Waals surface area contributed by atoms with E-state index in [9.17, 15) is 9.59 Å². The molecule has 4 heteroatoms. The summed E-state index contributed by atoms with van der Waals surface area (Å²) in [4.78, 5) is 23.1. The van der Waals surface area contributed by atoms with Crippen molar-refractivity contribution in [2.24, 2.45) is 11.8 Å². The summed E-state index contributed by atoms with van der Waals surface area (Å²) in [5.41, 5.74) is 0. The van der Waals surface area contributed by atoms with Crippen molar-refractivity contribution >= 4 is 11.9 Å². The van der Waals surface area contributed by atoms with Crippen molar-refractivity contribution < 1.29 is 19.1 Å². The average Bonchev–Trinajstić information content (AvgIpc) is 2.40. The first kappa shape index (κ1) is 16.7. The molecule has 0 aromatic carbocycles. The monoisotopic (exact) mass is 256 g/mol. The molecule has 0 heterocycles. The van der Waals surface area contributed by atoms with Crippen LogP contribution in [0.4, 0.5) is 0 Å². The molecular weight excluding hydrogens is 232 g/mol. The Morgan fingerprint density at radius 3 is 2.22 bits per heavy atom. The van der Waals surface area contributed by atoms with Crippen LogP contribution in [0.15, 0.2) is 12.2 Å². The van der Waals surface area contributed by atoms with Crippen molar-refractivity contribution in [3.05, 3.63) is 12.2 Å². The summed E-state index contributed by atoms with van der Waals surface area (Å²) in [6.07, 6.45) is 7.61. The second-order valence-electron chi connectivity index (χ2n) is 4.25. The van der Waals surface area contributed by atoms with Crippen LogP contribution in [0, 0.1) is 11.8 Å². The first-order valence-electron chi connectivity index (χ1n) is 6.39. The smallest absolute Gasteiger partial charge is 0.309 e. The van der Waals surface area contributed by atoms with E-state index in [0.717, 1.165) is 19.3 Å². The van der Waals surface area contributed by atoms with Gasteiger partial charge in [0, 0.05) is 0 Å². The largest absolute Gasteiger partial charge is 0.469 e. The predicted octanol–water partition coefficient (Wildman–Crippen LogP) is 2.72. The van der Waals surface area contributed by atoms with Gasteiger partial charge in [0.2, 0.25) is 0 Å². The van der Waals surface area contributed by atoms with Crippen LogP contribution in [0.2, 0.25) is 0 Å². The molecule has 2 unspecified atom stereocenters. The number of esters is 2. The third-order valence-electron chi connectivity index (χ3n) is 2.97. The maximum absolute atomic E-state index is 11.6. The molecule has 4 nitrogen and oxygen atoms in total. The molecule has 0 rings (SSSR count). The van der Waals surface area contributed by atoms with Gasteiger partial charge in [-0.15, -0.1) is 0 Å². The molecule has 18 heavy (non-hydrogen) atoms. The molecule has 0 bridgehead atoms. The van der Waals surface area contributed by atoms with Gasteiger partial charge >= 0.3 is 11.9 Å². The highest BCUT2D eigenvalue weighted by Crippen LogP contribution is 2.21.